The van der Waals surface area contributed by atoms with Crippen molar-refractivity contribution in [1.82, 2.24) is 9.78 Å². The van der Waals surface area contributed by atoms with Gasteiger partial charge in [0, 0.05) is 17.1 Å². The lowest BCUT2D eigenvalue weighted by Gasteiger charge is -2.05. The number of nitrogens with zero attached hydrogens (tertiary/aromatic N) is 2. The molecule has 2 aromatic carbocycles. The Bertz CT molecular complexity index is 952. The molecule has 0 saturated heterocycles. The maximum Gasteiger partial charge on any atom is 0.228 e. The van der Waals surface area contributed by atoms with Gasteiger partial charge in [-0.3, -0.25) is 9.48 Å². The summed E-state index contributed by atoms with van der Waals surface area (Å²) in [6.07, 6.45) is 4.39. The van der Waals surface area contributed by atoms with Crippen LogP contribution in [0.1, 0.15) is 23.5 Å². The van der Waals surface area contributed by atoms with E-state index in [1.165, 1.54) is 0 Å². The summed E-state index contributed by atoms with van der Waals surface area (Å²) in [5.74, 6) is 1.13. The molecule has 1 aliphatic carbocycles. The molecule has 0 bridgehead atoms. The third-order valence-electron chi connectivity index (χ3n) is 4.80. The number of methoxy groups -OCH3 is 1. The van der Waals surface area contributed by atoms with E-state index in [0.717, 1.165) is 23.3 Å². The van der Waals surface area contributed by atoms with Crippen LogP contribution in [0.15, 0.2) is 60.9 Å². The molecule has 0 aliphatic heterocycles. The molecule has 1 heterocycles. The van der Waals surface area contributed by atoms with E-state index in [4.69, 9.17) is 16.3 Å². The van der Waals surface area contributed by atoms with Gasteiger partial charge in [0.1, 0.15) is 5.75 Å². The number of rotatable bonds is 6. The van der Waals surface area contributed by atoms with Crippen molar-refractivity contribution in [2.45, 2.75) is 18.9 Å². The summed E-state index contributed by atoms with van der Waals surface area (Å²) < 4.78 is 7.04. The fourth-order valence-corrected chi connectivity index (χ4v) is 3.40. The maximum absolute atomic E-state index is 12.5. The topological polar surface area (TPSA) is 56.1 Å². The van der Waals surface area contributed by atoms with E-state index in [1.807, 2.05) is 54.7 Å². The van der Waals surface area contributed by atoms with Crippen LogP contribution in [0.5, 0.6) is 5.75 Å². The summed E-state index contributed by atoms with van der Waals surface area (Å²) in [5, 5.41) is 8.02. The summed E-state index contributed by atoms with van der Waals surface area (Å²) in [6, 6.07) is 15.6. The van der Waals surface area contributed by atoms with Gasteiger partial charge in [0.05, 0.1) is 25.5 Å². The van der Waals surface area contributed by atoms with E-state index in [0.29, 0.717) is 17.3 Å². The standard InChI is InChI=1S/C21H20ClN3O2/c1-27-18-4-2-3-14(9-18)12-25-13-17(11-23-25)24-21(26)20-10-19(20)15-5-7-16(22)8-6-15/h2-9,11,13,19-20H,10,12H2,1H3,(H,24,26). The molecular formula is C21H20ClN3O2. The van der Waals surface area contributed by atoms with E-state index < -0.39 is 0 Å². The first-order valence-corrected chi connectivity index (χ1v) is 9.22. The van der Waals surface area contributed by atoms with Gasteiger partial charge >= 0.3 is 0 Å². The van der Waals surface area contributed by atoms with Crippen LogP contribution in [-0.2, 0) is 11.3 Å². The zero-order valence-corrected chi connectivity index (χ0v) is 15.7. The van der Waals surface area contributed by atoms with Gasteiger partial charge in [0.15, 0.2) is 0 Å². The number of ether oxygens (including phenoxy) is 1. The van der Waals surface area contributed by atoms with E-state index in [1.54, 1.807) is 18.0 Å². The number of carbonyl (C=O) groups excluding carboxylic acids is 1. The zero-order chi connectivity index (χ0) is 18.8. The highest BCUT2D eigenvalue weighted by atomic mass is 35.5. The zero-order valence-electron chi connectivity index (χ0n) is 14.9. The molecule has 138 valence electrons. The Kier molecular flexibility index (Phi) is 4.86. The smallest absolute Gasteiger partial charge is 0.228 e. The molecule has 1 aromatic heterocycles. The normalized spacial score (nSPS) is 18.1. The molecule has 1 saturated carbocycles. The van der Waals surface area contributed by atoms with Crippen molar-refractivity contribution in [3.8, 4) is 5.75 Å². The first-order valence-electron chi connectivity index (χ1n) is 8.84. The Morgan fingerprint density at radius 3 is 2.89 bits per heavy atom. The highest BCUT2D eigenvalue weighted by Crippen LogP contribution is 2.48. The number of hydrogen-bond acceptors (Lipinski definition) is 3. The number of benzene rings is 2. The molecule has 1 aliphatic rings. The van der Waals surface area contributed by atoms with Crippen molar-refractivity contribution in [3.63, 3.8) is 0 Å². The number of hydrogen-bond donors (Lipinski definition) is 1. The van der Waals surface area contributed by atoms with Gasteiger partial charge in [-0.2, -0.15) is 5.10 Å². The minimum absolute atomic E-state index is 0.00732. The Labute approximate surface area is 162 Å². The second-order valence-corrected chi connectivity index (χ2v) is 7.20. The van der Waals surface area contributed by atoms with Crippen LogP contribution in [-0.4, -0.2) is 22.8 Å². The minimum atomic E-state index is 0.00732. The molecule has 0 radical (unpaired) electrons. The number of amides is 1. The predicted octanol–water partition coefficient (Wildman–Crippen LogP) is 4.34. The van der Waals surface area contributed by atoms with Crippen LogP contribution in [0, 0.1) is 5.92 Å². The molecule has 2 unspecified atom stereocenters. The minimum Gasteiger partial charge on any atom is -0.497 e. The lowest BCUT2D eigenvalue weighted by molar-refractivity contribution is -0.117. The van der Waals surface area contributed by atoms with Gasteiger partial charge in [-0.25, -0.2) is 0 Å². The number of halogens is 1. The lowest BCUT2D eigenvalue weighted by Crippen LogP contribution is -2.14. The molecule has 3 aromatic rings. The van der Waals surface area contributed by atoms with Gasteiger partial charge in [-0.05, 0) is 47.7 Å². The quantitative estimate of drug-likeness (QED) is 0.691. The molecule has 4 rings (SSSR count). The molecule has 27 heavy (non-hydrogen) atoms. The highest BCUT2D eigenvalue weighted by Gasteiger charge is 2.43. The fraction of sp³-hybridized carbons (Fsp3) is 0.238. The fourth-order valence-electron chi connectivity index (χ4n) is 3.27. The van der Waals surface area contributed by atoms with Crippen molar-refractivity contribution in [3.05, 3.63) is 77.1 Å². The van der Waals surface area contributed by atoms with Gasteiger partial charge in [-0.1, -0.05) is 35.9 Å². The first kappa shape index (κ1) is 17.6. The Morgan fingerprint density at radius 1 is 1.30 bits per heavy atom. The predicted molar refractivity (Wildman–Crippen MR) is 105 cm³/mol. The van der Waals surface area contributed by atoms with Crippen molar-refractivity contribution in [2.24, 2.45) is 5.92 Å². The Morgan fingerprint density at radius 2 is 2.11 bits per heavy atom. The molecule has 6 heteroatoms. The highest BCUT2D eigenvalue weighted by molar-refractivity contribution is 6.30. The summed E-state index contributed by atoms with van der Waals surface area (Å²) in [4.78, 5) is 12.5. The number of anilines is 1. The first-order chi connectivity index (χ1) is 13.1. The van der Waals surface area contributed by atoms with Crippen LogP contribution >= 0.6 is 11.6 Å². The average molecular weight is 382 g/mol. The molecule has 1 N–H and O–H groups in total. The second-order valence-electron chi connectivity index (χ2n) is 6.77. The van der Waals surface area contributed by atoms with Crippen LogP contribution in [0.2, 0.25) is 5.02 Å². The monoisotopic (exact) mass is 381 g/mol. The molecule has 1 amide bonds. The lowest BCUT2D eigenvalue weighted by atomic mass is 10.1. The molecular weight excluding hydrogens is 362 g/mol. The van der Waals surface area contributed by atoms with Crippen molar-refractivity contribution in [2.75, 3.05) is 12.4 Å². The second kappa shape index (κ2) is 7.45. The molecule has 1 fully saturated rings. The van der Waals surface area contributed by atoms with Crippen LogP contribution in [0.4, 0.5) is 5.69 Å². The summed E-state index contributed by atoms with van der Waals surface area (Å²) >= 11 is 5.92. The number of nitrogens with one attached hydrogen (secondary N) is 1. The summed E-state index contributed by atoms with van der Waals surface area (Å²) in [7, 11) is 1.65. The van der Waals surface area contributed by atoms with Gasteiger partial charge in [0.25, 0.3) is 0 Å². The van der Waals surface area contributed by atoms with Gasteiger partial charge < -0.3 is 10.1 Å². The van der Waals surface area contributed by atoms with E-state index in [-0.39, 0.29) is 17.7 Å². The van der Waals surface area contributed by atoms with Crippen LogP contribution in [0.3, 0.4) is 0 Å². The summed E-state index contributed by atoms with van der Waals surface area (Å²) in [6.45, 7) is 0.615. The van der Waals surface area contributed by atoms with Gasteiger partial charge in [0.2, 0.25) is 5.91 Å². The third-order valence-corrected chi connectivity index (χ3v) is 5.06. The van der Waals surface area contributed by atoms with E-state index >= 15 is 0 Å². The Balaban J connectivity index is 1.35. The average Bonchev–Trinajstić information content (AvgIpc) is 3.37. The summed E-state index contributed by atoms with van der Waals surface area (Å²) in [5.41, 5.74) is 2.96. The van der Waals surface area contributed by atoms with Crippen LogP contribution in [0.25, 0.3) is 0 Å². The molecule has 2 atom stereocenters. The maximum atomic E-state index is 12.5. The third kappa shape index (κ3) is 4.14. The van der Waals surface area contributed by atoms with E-state index in [2.05, 4.69) is 10.4 Å². The molecule has 5 nitrogen and oxygen atoms in total. The van der Waals surface area contributed by atoms with Crippen LogP contribution < -0.4 is 10.1 Å². The van der Waals surface area contributed by atoms with Crippen molar-refractivity contribution in [1.29, 1.82) is 0 Å². The number of aromatic nitrogens is 2. The van der Waals surface area contributed by atoms with Gasteiger partial charge in [-0.15, -0.1) is 0 Å². The van der Waals surface area contributed by atoms with Crippen molar-refractivity contribution < 1.29 is 9.53 Å². The van der Waals surface area contributed by atoms with E-state index in [9.17, 15) is 4.79 Å². The SMILES string of the molecule is COc1cccc(Cn2cc(NC(=O)C3CC3c3ccc(Cl)cc3)cn2)c1. The largest absolute Gasteiger partial charge is 0.497 e. The number of carbonyl (C=O) groups is 1. The van der Waals surface area contributed by atoms with Crippen molar-refractivity contribution >= 4 is 23.2 Å². The molecule has 0 spiro atoms. The Hall–Kier alpha value is -2.79.